The molecule has 5 nitrogen and oxygen atoms in total. The van der Waals surface area contributed by atoms with Crippen LogP contribution in [0.5, 0.6) is 5.75 Å². The number of phenols is 1. The van der Waals surface area contributed by atoms with Gasteiger partial charge in [-0.15, -0.1) is 0 Å². The lowest BCUT2D eigenvalue weighted by atomic mass is 10.1. The van der Waals surface area contributed by atoms with Crippen molar-refractivity contribution in [3.8, 4) is 17.1 Å². The van der Waals surface area contributed by atoms with E-state index in [1.807, 2.05) is 6.07 Å². The van der Waals surface area contributed by atoms with Crippen LogP contribution in [0.15, 0.2) is 35.0 Å². The van der Waals surface area contributed by atoms with Crippen LogP contribution in [-0.4, -0.2) is 23.4 Å². The van der Waals surface area contributed by atoms with Crippen molar-refractivity contribution in [2.45, 2.75) is 6.42 Å². The maximum absolute atomic E-state index is 9.42. The minimum absolute atomic E-state index is 0.201. The molecular weight excluding hydrogens is 218 g/mol. The summed E-state index contributed by atoms with van der Waals surface area (Å²) in [6.07, 6.45) is 2.50. The maximum atomic E-state index is 9.42. The molecule has 0 aliphatic rings. The normalized spacial score (nSPS) is 10.4. The second kappa shape index (κ2) is 5.36. The van der Waals surface area contributed by atoms with Gasteiger partial charge in [0.15, 0.2) is 5.76 Å². The van der Waals surface area contributed by atoms with Gasteiger partial charge in [-0.3, -0.25) is 0 Å². The molecule has 0 bridgehead atoms. The first kappa shape index (κ1) is 11.5. The Bertz CT molecular complexity index is 482. The van der Waals surface area contributed by atoms with Gasteiger partial charge in [-0.1, -0.05) is 17.3 Å². The standard InChI is InChI=1S/C12H15N3O2/c13-5-2-6-14-11-8-15-17-12(11)9-3-1-4-10(16)7-9/h1,3-4,7-8,14,16H,2,5-6,13H2. The zero-order valence-electron chi connectivity index (χ0n) is 9.39. The number of nitrogens with zero attached hydrogens (tertiary/aromatic N) is 1. The zero-order chi connectivity index (χ0) is 12.1. The Morgan fingerprint density at radius 2 is 2.29 bits per heavy atom. The summed E-state index contributed by atoms with van der Waals surface area (Å²) in [5, 5.41) is 16.4. The number of benzene rings is 1. The highest BCUT2D eigenvalue weighted by Gasteiger charge is 2.10. The van der Waals surface area contributed by atoms with Gasteiger partial charge in [0.05, 0.1) is 6.20 Å². The molecule has 0 fully saturated rings. The molecule has 0 spiro atoms. The number of aromatic nitrogens is 1. The highest BCUT2D eigenvalue weighted by molar-refractivity contribution is 5.72. The van der Waals surface area contributed by atoms with Crippen LogP contribution in [0.25, 0.3) is 11.3 Å². The molecule has 1 heterocycles. The molecule has 0 unspecified atom stereocenters. The third-order valence-electron chi connectivity index (χ3n) is 2.38. The van der Waals surface area contributed by atoms with E-state index in [4.69, 9.17) is 10.3 Å². The van der Waals surface area contributed by atoms with Crippen molar-refractivity contribution in [2.24, 2.45) is 5.73 Å². The van der Waals surface area contributed by atoms with Crippen LogP contribution in [0.1, 0.15) is 6.42 Å². The largest absolute Gasteiger partial charge is 0.508 e. The summed E-state index contributed by atoms with van der Waals surface area (Å²) >= 11 is 0. The zero-order valence-corrected chi connectivity index (χ0v) is 9.39. The number of hydrogen-bond acceptors (Lipinski definition) is 5. The summed E-state index contributed by atoms with van der Waals surface area (Å²) in [5.41, 5.74) is 7.02. The van der Waals surface area contributed by atoms with Crippen LogP contribution in [0.2, 0.25) is 0 Å². The van der Waals surface area contributed by atoms with Crippen molar-refractivity contribution in [3.63, 3.8) is 0 Å². The van der Waals surface area contributed by atoms with Crippen molar-refractivity contribution in [2.75, 3.05) is 18.4 Å². The van der Waals surface area contributed by atoms with E-state index in [0.29, 0.717) is 12.3 Å². The molecule has 1 aromatic heterocycles. The molecule has 4 N–H and O–H groups in total. The van der Waals surface area contributed by atoms with E-state index in [0.717, 1.165) is 24.2 Å². The molecule has 0 amide bonds. The van der Waals surface area contributed by atoms with Crippen molar-refractivity contribution in [3.05, 3.63) is 30.5 Å². The number of nitrogens with two attached hydrogens (primary N) is 1. The third kappa shape index (κ3) is 2.76. The summed E-state index contributed by atoms with van der Waals surface area (Å²) in [6.45, 7) is 1.41. The van der Waals surface area contributed by atoms with Crippen LogP contribution < -0.4 is 11.1 Å². The average molecular weight is 233 g/mol. The Morgan fingerprint density at radius 3 is 3.06 bits per heavy atom. The molecule has 0 atom stereocenters. The molecular formula is C12H15N3O2. The van der Waals surface area contributed by atoms with E-state index >= 15 is 0 Å². The van der Waals surface area contributed by atoms with E-state index in [-0.39, 0.29) is 5.75 Å². The fraction of sp³-hybridized carbons (Fsp3) is 0.250. The molecule has 1 aromatic carbocycles. The van der Waals surface area contributed by atoms with Crippen LogP contribution in [0, 0.1) is 0 Å². The minimum atomic E-state index is 0.201. The first-order valence-corrected chi connectivity index (χ1v) is 5.49. The maximum Gasteiger partial charge on any atom is 0.190 e. The summed E-state index contributed by atoms with van der Waals surface area (Å²) < 4.78 is 5.18. The van der Waals surface area contributed by atoms with Crippen LogP contribution in [0.3, 0.4) is 0 Å². The van der Waals surface area contributed by atoms with E-state index in [9.17, 15) is 5.11 Å². The summed E-state index contributed by atoms with van der Waals surface area (Å²) in [5.74, 6) is 0.824. The number of anilines is 1. The van der Waals surface area contributed by atoms with Gasteiger partial charge >= 0.3 is 0 Å². The van der Waals surface area contributed by atoms with Crippen molar-refractivity contribution < 1.29 is 9.63 Å². The summed E-state index contributed by atoms with van der Waals surface area (Å²) in [7, 11) is 0. The van der Waals surface area contributed by atoms with Gasteiger partial charge in [-0.05, 0) is 25.1 Å². The Morgan fingerprint density at radius 1 is 1.41 bits per heavy atom. The van der Waals surface area contributed by atoms with Crippen LogP contribution in [0.4, 0.5) is 5.69 Å². The number of rotatable bonds is 5. The van der Waals surface area contributed by atoms with Gasteiger partial charge in [-0.25, -0.2) is 0 Å². The monoisotopic (exact) mass is 233 g/mol. The average Bonchev–Trinajstić information content (AvgIpc) is 2.78. The molecule has 0 saturated carbocycles. The molecule has 0 aliphatic heterocycles. The van der Waals surface area contributed by atoms with Crippen molar-refractivity contribution >= 4 is 5.69 Å². The van der Waals surface area contributed by atoms with Gasteiger partial charge in [0.25, 0.3) is 0 Å². The van der Waals surface area contributed by atoms with Gasteiger partial charge in [0.2, 0.25) is 0 Å². The summed E-state index contributed by atoms with van der Waals surface area (Å²) in [6, 6.07) is 6.86. The van der Waals surface area contributed by atoms with E-state index in [1.54, 1.807) is 24.4 Å². The minimum Gasteiger partial charge on any atom is -0.508 e. The molecule has 0 saturated heterocycles. The quantitative estimate of drug-likeness (QED) is 0.686. The lowest BCUT2D eigenvalue weighted by Gasteiger charge is -2.04. The van der Waals surface area contributed by atoms with Gasteiger partial charge in [-0.2, -0.15) is 0 Å². The second-order valence-electron chi connectivity index (χ2n) is 3.69. The number of nitrogens with one attached hydrogen (secondary N) is 1. The lowest BCUT2D eigenvalue weighted by Crippen LogP contribution is -2.08. The van der Waals surface area contributed by atoms with E-state index in [2.05, 4.69) is 10.5 Å². The predicted molar refractivity (Wildman–Crippen MR) is 65.8 cm³/mol. The van der Waals surface area contributed by atoms with Crippen molar-refractivity contribution in [1.82, 2.24) is 5.16 Å². The third-order valence-corrected chi connectivity index (χ3v) is 2.38. The van der Waals surface area contributed by atoms with Crippen LogP contribution >= 0.6 is 0 Å². The molecule has 2 rings (SSSR count). The molecule has 0 radical (unpaired) electrons. The second-order valence-corrected chi connectivity index (χ2v) is 3.69. The van der Waals surface area contributed by atoms with Crippen molar-refractivity contribution in [1.29, 1.82) is 0 Å². The fourth-order valence-electron chi connectivity index (χ4n) is 1.55. The fourth-order valence-corrected chi connectivity index (χ4v) is 1.55. The Hall–Kier alpha value is -2.01. The Balaban J connectivity index is 2.18. The van der Waals surface area contributed by atoms with Gasteiger partial charge < -0.3 is 20.7 Å². The Labute approximate surface area is 99.2 Å². The smallest absolute Gasteiger partial charge is 0.190 e. The highest BCUT2D eigenvalue weighted by Crippen LogP contribution is 2.29. The Kier molecular flexibility index (Phi) is 3.62. The molecule has 90 valence electrons. The lowest BCUT2D eigenvalue weighted by molar-refractivity contribution is 0.431. The number of aromatic hydroxyl groups is 1. The number of phenolic OH excluding ortho intramolecular Hbond substituents is 1. The predicted octanol–water partition coefficient (Wildman–Crippen LogP) is 1.81. The van der Waals surface area contributed by atoms with Gasteiger partial charge in [0.1, 0.15) is 11.4 Å². The first-order valence-electron chi connectivity index (χ1n) is 5.49. The van der Waals surface area contributed by atoms with Gasteiger partial charge in [0, 0.05) is 12.1 Å². The first-order chi connectivity index (χ1) is 8.31. The summed E-state index contributed by atoms with van der Waals surface area (Å²) in [4.78, 5) is 0. The molecule has 2 aromatic rings. The SMILES string of the molecule is NCCCNc1cnoc1-c1cccc(O)c1. The topological polar surface area (TPSA) is 84.3 Å². The molecule has 0 aliphatic carbocycles. The van der Waals surface area contributed by atoms with E-state index in [1.165, 1.54) is 0 Å². The molecule has 5 heteroatoms. The highest BCUT2D eigenvalue weighted by atomic mass is 16.5. The van der Waals surface area contributed by atoms with E-state index < -0.39 is 0 Å². The molecule has 17 heavy (non-hydrogen) atoms. The number of hydrogen-bond donors (Lipinski definition) is 3. The van der Waals surface area contributed by atoms with Crippen LogP contribution in [-0.2, 0) is 0 Å².